The molecule has 5 heteroatoms. The molecule has 0 fully saturated rings. The van der Waals surface area contributed by atoms with Gasteiger partial charge in [0.15, 0.2) is 0 Å². The molecule has 78 valence electrons. The lowest BCUT2D eigenvalue weighted by Gasteiger charge is -2.14. The van der Waals surface area contributed by atoms with Crippen LogP contribution in [0.4, 0.5) is 4.39 Å². The Morgan fingerprint density at radius 3 is 2.79 bits per heavy atom. The molecule has 0 saturated carbocycles. The summed E-state index contributed by atoms with van der Waals surface area (Å²) in [6.45, 7) is -0.252. The second-order valence-corrected chi connectivity index (χ2v) is 3.15. The Morgan fingerprint density at radius 2 is 2.29 bits per heavy atom. The standard InChI is InChI=1S/C9H11ClFNO2/c1-14-9-5(7(12)4-13)2-3-6(11)8(9)10/h2-3,7,13H,4,12H2,1H3. The molecule has 0 radical (unpaired) electrons. The quantitative estimate of drug-likeness (QED) is 0.810. The Balaban J connectivity index is 3.23. The Morgan fingerprint density at radius 1 is 1.64 bits per heavy atom. The third-order valence-corrected chi connectivity index (χ3v) is 2.23. The van der Waals surface area contributed by atoms with Gasteiger partial charge in [0.05, 0.1) is 19.8 Å². The van der Waals surface area contributed by atoms with Crippen LogP contribution in [0.3, 0.4) is 0 Å². The molecule has 0 heterocycles. The molecule has 1 unspecified atom stereocenters. The zero-order valence-electron chi connectivity index (χ0n) is 7.63. The van der Waals surface area contributed by atoms with Gasteiger partial charge in [0.25, 0.3) is 0 Å². The van der Waals surface area contributed by atoms with Crippen LogP contribution in [0.1, 0.15) is 11.6 Å². The van der Waals surface area contributed by atoms with E-state index in [-0.39, 0.29) is 17.4 Å². The van der Waals surface area contributed by atoms with Gasteiger partial charge in [-0.3, -0.25) is 0 Å². The topological polar surface area (TPSA) is 55.5 Å². The molecule has 0 aliphatic heterocycles. The Bertz CT molecular complexity index is 333. The number of halogens is 2. The fourth-order valence-corrected chi connectivity index (χ4v) is 1.39. The number of aliphatic hydroxyl groups excluding tert-OH is 1. The summed E-state index contributed by atoms with van der Waals surface area (Å²) in [7, 11) is 1.37. The summed E-state index contributed by atoms with van der Waals surface area (Å²) in [6.07, 6.45) is 0. The van der Waals surface area contributed by atoms with E-state index < -0.39 is 11.9 Å². The average Bonchev–Trinajstić information content (AvgIpc) is 2.20. The third kappa shape index (κ3) is 1.97. The van der Waals surface area contributed by atoms with Crippen molar-refractivity contribution < 1.29 is 14.2 Å². The summed E-state index contributed by atoms with van der Waals surface area (Å²) in [5, 5.41) is 8.73. The van der Waals surface area contributed by atoms with Gasteiger partial charge in [-0.2, -0.15) is 0 Å². The van der Waals surface area contributed by atoms with Gasteiger partial charge in [-0.25, -0.2) is 4.39 Å². The van der Waals surface area contributed by atoms with E-state index in [1.165, 1.54) is 19.2 Å². The molecule has 3 nitrogen and oxygen atoms in total. The molecule has 0 aromatic heterocycles. The highest BCUT2D eigenvalue weighted by atomic mass is 35.5. The number of rotatable bonds is 3. The first-order chi connectivity index (χ1) is 6.61. The van der Waals surface area contributed by atoms with Gasteiger partial charge >= 0.3 is 0 Å². The van der Waals surface area contributed by atoms with Crippen molar-refractivity contribution in [3.63, 3.8) is 0 Å². The van der Waals surface area contributed by atoms with Crippen molar-refractivity contribution >= 4 is 11.6 Å². The second-order valence-electron chi connectivity index (χ2n) is 2.77. The molecule has 1 aromatic carbocycles. The highest BCUT2D eigenvalue weighted by molar-refractivity contribution is 6.32. The van der Waals surface area contributed by atoms with Crippen LogP contribution in [0.2, 0.25) is 5.02 Å². The number of methoxy groups -OCH3 is 1. The van der Waals surface area contributed by atoms with Crippen LogP contribution in [0.15, 0.2) is 12.1 Å². The molecule has 1 rings (SSSR count). The van der Waals surface area contributed by atoms with Crippen molar-refractivity contribution in [2.75, 3.05) is 13.7 Å². The lowest BCUT2D eigenvalue weighted by Crippen LogP contribution is -2.15. The van der Waals surface area contributed by atoms with Crippen molar-refractivity contribution in [1.29, 1.82) is 0 Å². The Kier molecular flexibility index (Phi) is 3.69. The van der Waals surface area contributed by atoms with Gasteiger partial charge < -0.3 is 15.6 Å². The lowest BCUT2D eigenvalue weighted by atomic mass is 10.1. The van der Waals surface area contributed by atoms with E-state index in [1.54, 1.807) is 0 Å². The van der Waals surface area contributed by atoms with E-state index in [9.17, 15) is 4.39 Å². The zero-order valence-corrected chi connectivity index (χ0v) is 8.38. The monoisotopic (exact) mass is 219 g/mol. The molecule has 0 aliphatic rings. The predicted octanol–water partition coefficient (Wildman–Crippen LogP) is 1.48. The Labute approximate surface area is 86.2 Å². The maximum Gasteiger partial charge on any atom is 0.145 e. The molecule has 0 bridgehead atoms. The van der Waals surface area contributed by atoms with Crippen LogP contribution in [0.5, 0.6) is 5.75 Å². The average molecular weight is 220 g/mol. The van der Waals surface area contributed by atoms with E-state index in [1.807, 2.05) is 0 Å². The summed E-state index contributed by atoms with van der Waals surface area (Å²) >= 11 is 5.66. The van der Waals surface area contributed by atoms with Gasteiger partial charge in [-0.05, 0) is 6.07 Å². The van der Waals surface area contributed by atoms with Crippen LogP contribution in [0, 0.1) is 5.82 Å². The molecule has 0 aliphatic carbocycles. The van der Waals surface area contributed by atoms with Crippen molar-refractivity contribution in [3.8, 4) is 5.75 Å². The zero-order chi connectivity index (χ0) is 10.7. The first-order valence-electron chi connectivity index (χ1n) is 4.00. The lowest BCUT2D eigenvalue weighted by molar-refractivity contribution is 0.264. The molecular formula is C9H11ClFNO2. The van der Waals surface area contributed by atoms with E-state index in [2.05, 4.69) is 0 Å². The van der Waals surface area contributed by atoms with E-state index in [4.69, 9.17) is 27.2 Å². The number of nitrogens with two attached hydrogens (primary N) is 1. The first kappa shape index (κ1) is 11.2. The molecule has 1 aromatic rings. The van der Waals surface area contributed by atoms with Gasteiger partial charge in [0, 0.05) is 5.56 Å². The maximum absolute atomic E-state index is 13.0. The predicted molar refractivity (Wildman–Crippen MR) is 52.0 cm³/mol. The number of benzene rings is 1. The molecule has 14 heavy (non-hydrogen) atoms. The van der Waals surface area contributed by atoms with Crippen molar-refractivity contribution in [2.45, 2.75) is 6.04 Å². The minimum Gasteiger partial charge on any atom is -0.495 e. The van der Waals surface area contributed by atoms with E-state index >= 15 is 0 Å². The molecule has 3 N–H and O–H groups in total. The van der Waals surface area contributed by atoms with E-state index in [0.717, 1.165) is 0 Å². The molecule has 0 amide bonds. The van der Waals surface area contributed by atoms with Crippen molar-refractivity contribution in [1.82, 2.24) is 0 Å². The smallest absolute Gasteiger partial charge is 0.145 e. The number of hydrogen-bond donors (Lipinski definition) is 2. The van der Waals surface area contributed by atoms with Gasteiger partial charge in [-0.1, -0.05) is 17.7 Å². The molecule has 0 saturated heterocycles. The van der Waals surface area contributed by atoms with Gasteiger partial charge in [0.2, 0.25) is 0 Å². The minimum absolute atomic E-state index is 0.117. The van der Waals surface area contributed by atoms with Crippen molar-refractivity contribution in [2.24, 2.45) is 5.73 Å². The van der Waals surface area contributed by atoms with Gasteiger partial charge in [0.1, 0.15) is 16.6 Å². The van der Waals surface area contributed by atoms with E-state index in [0.29, 0.717) is 5.56 Å². The fraction of sp³-hybridized carbons (Fsp3) is 0.333. The highest BCUT2D eigenvalue weighted by Gasteiger charge is 2.16. The summed E-state index contributed by atoms with van der Waals surface area (Å²) in [4.78, 5) is 0. The minimum atomic E-state index is -0.622. The highest BCUT2D eigenvalue weighted by Crippen LogP contribution is 2.33. The fourth-order valence-electron chi connectivity index (χ4n) is 1.14. The molecular weight excluding hydrogens is 209 g/mol. The SMILES string of the molecule is COc1c(C(N)CO)ccc(F)c1Cl. The normalized spacial score (nSPS) is 12.6. The number of aliphatic hydroxyl groups is 1. The first-order valence-corrected chi connectivity index (χ1v) is 4.38. The number of hydrogen-bond acceptors (Lipinski definition) is 3. The van der Waals surface area contributed by atoms with Crippen LogP contribution >= 0.6 is 11.6 Å². The maximum atomic E-state index is 13.0. The second kappa shape index (κ2) is 4.59. The summed E-state index contributed by atoms with van der Waals surface area (Å²) < 4.78 is 17.9. The molecule has 1 atom stereocenters. The van der Waals surface area contributed by atoms with Crippen LogP contribution < -0.4 is 10.5 Å². The number of ether oxygens (including phenoxy) is 1. The Hall–Kier alpha value is -0.840. The summed E-state index contributed by atoms with van der Waals surface area (Å²) in [5.74, 6) is -0.398. The van der Waals surface area contributed by atoms with Crippen LogP contribution in [-0.4, -0.2) is 18.8 Å². The van der Waals surface area contributed by atoms with Crippen LogP contribution in [-0.2, 0) is 0 Å². The molecule has 0 spiro atoms. The third-order valence-electron chi connectivity index (χ3n) is 1.88. The van der Waals surface area contributed by atoms with Crippen LogP contribution in [0.25, 0.3) is 0 Å². The largest absolute Gasteiger partial charge is 0.495 e. The summed E-state index contributed by atoms with van der Waals surface area (Å²) in [6, 6.07) is 2.01. The van der Waals surface area contributed by atoms with Gasteiger partial charge in [-0.15, -0.1) is 0 Å². The van der Waals surface area contributed by atoms with Crippen molar-refractivity contribution in [3.05, 3.63) is 28.5 Å². The summed E-state index contributed by atoms with van der Waals surface area (Å²) in [5.41, 5.74) is 6.07.